The molecule has 0 spiro atoms. The number of aromatic nitrogens is 2. The second-order valence-corrected chi connectivity index (χ2v) is 9.19. The van der Waals surface area contributed by atoms with Crippen LogP contribution < -0.4 is 10.5 Å². The van der Waals surface area contributed by atoms with Crippen LogP contribution in [-0.2, 0) is 22.2 Å². The quantitative estimate of drug-likeness (QED) is 0.313. The molecule has 3 aromatic rings. The Kier molecular flexibility index (Phi) is 7.48. The van der Waals surface area contributed by atoms with Gasteiger partial charge >= 0.3 is 7.82 Å². The van der Waals surface area contributed by atoms with Crippen molar-refractivity contribution in [2.45, 2.75) is 25.5 Å². The molecule has 1 aromatic heterocycles. The van der Waals surface area contributed by atoms with Gasteiger partial charge in [0.2, 0.25) is 0 Å². The molecule has 4 N–H and O–H groups in total. The van der Waals surface area contributed by atoms with Crippen molar-refractivity contribution in [2.24, 2.45) is 5.73 Å². The highest BCUT2D eigenvalue weighted by Crippen LogP contribution is 2.36. The molecule has 1 atom stereocenters. The largest absolute Gasteiger partial charge is 0.489 e. The van der Waals surface area contributed by atoms with Crippen LogP contribution in [-0.4, -0.2) is 26.2 Å². The number of nitrogens with zero attached hydrogens (tertiary/aromatic N) is 2. The van der Waals surface area contributed by atoms with Gasteiger partial charge in [-0.2, -0.15) is 5.10 Å². The summed E-state index contributed by atoms with van der Waals surface area (Å²) in [5, 5.41) is 4.47. The second kappa shape index (κ2) is 10.7. The van der Waals surface area contributed by atoms with E-state index in [1.807, 2.05) is 71.6 Å². The third-order valence-corrected chi connectivity index (χ3v) is 5.80. The summed E-state index contributed by atoms with van der Waals surface area (Å²) in [6, 6.07) is 18.0. The molecular weight excluding hydrogens is 453 g/mol. The average Bonchev–Trinajstić information content (AvgIpc) is 3.19. The summed E-state index contributed by atoms with van der Waals surface area (Å²) in [6.07, 6.45) is 7.96. The van der Waals surface area contributed by atoms with Crippen molar-refractivity contribution in [3.63, 3.8) is 0 Å². The smallest absolute Gasteiger partial charge is 0.469 e. The highest BCUT2D eigenvalue weighted by atomic mass is 31.2. The molecule has 1 heterocycles. The molecule has 0 bridgehead atoms. The topological polar surface area (TPSA) is 120 Å². The number of rotatable bonds is 9. The fourth-order valence-electron chi connectivity index (χ4n) is 3.61. The first kappa shape index (κ1) is 23.8. The molecule has 8 nitrogen and oxygen atoms in total. The zero-order valence-electron chi connectivity index (χ0n) is 18.4. The maximum absolute atomic E-state index is 10.9. The Bertz CT molecular complexity index is 1260. The maximum atomic E-state index is 10.9. The van der Waals surface area contributed by atoms with Gasteiger partial charge in [0, 0.05) is 17.7 Å². The van der Waals surface area contributed by atoms with Crippen LogP contribution in [0.3, 0.4) is 0 Å². The van der Waals surface area contributed by atoms with E-state index >= 15 is 0 Å². The lowest BCUT2D eigenvalue weighted by Gasteiger charge is -2.11. The first-order chi connectivity index (χ1) is 16.4. The van der Waals surface area contributed by atoms with Gasteiger partial charge in [-0.15, -0.1) is 0 Å². The molecule has 2 aromatic carbocycles. The standard InChI is InChI=1S/C25H26N3O5P/c26-25-13-21(18-33-34(29,30)31)7-4-8-24(25)22-14-27-28(16-22)15-19-9-11-23(12-10-19)32-17-20-5-2-1-3-6-20/h1-7,9-12,14,16,24H,8,15,17-18,26H2,(H2,29,30,31). The molecule has 1 aliphatic carbocycles. The van der Waals surface area contributed by atoms with Crippen LogP contribution in [0, 0.1) is 0 Å². The number of hydrogen-bond donors (Lipinski definition) is 3. The van der Waals surface area contributed by atoms with Gasteiger partial charge in [-0.25, -0.2) is 4.57 Å². The van der Waals surface area contributed by atoms with Crippen molar-refractivity contribution in [1.29, 1.82) is 0 Å². The predicted molar refractivity (Wildman–Crippen MR) is 128 cm³/mol. The monoisotopic (exact) mass is 479 g/mol. The SMILES string of the molecule is NC1=C=C(COP(=O)(O)O)C=CCC1c1cnn(Cc2ccc(OCc3ccccc3)cc2)c1. The fourth-order valence-corrected chi connectivity index (χ4v) is 3.91. The summed E-state index contributed by atoms with van der Waals surface area (Å²) >= 11 is 0. The fraction of sp³-hybridized carbons (Fsp3) is 0.200. The molecule has 0 saturated carbocycles. The van der Waals surface area contributed by atoms with E-state index in [1.54, 1.807) is 12.3 Å². The van der Waals surface area contributed by atoms with Gasteiger partial charge in [-0.1, -0.05) is 60.3 Å². The highest BCUT2D eigenvalue weighted by Gasteiger charge is 2.19. The Morgan fingerprint density at radius 1 is 1.09 bits per heavy atom. The van der Waals surface area contributed by atoms with E-state index in [1.165, 1.54) is 0 Å². The Morgan fingerprint density at radius 2 is 1.85 bits per heavy atom. The van der Waals surface area contributed by atoms with Crippen molar-refractivity contribution in [1.82, 2.24) is 9.78 Å². The highest BCUT2D eigenvalue weighted by molar-refractivity contribution is 7.46. The Hall–Kier alpha value is -3.38. The molecule has 1 unspecified atom stereocenters. The number of phosphoric ester groups is 1. The summed E-state index contributed by atoms with van der Waals surface area (Å²) < 4.78 is 23.2. The van der Waals surface area contributed by atoms with Crippen LogP contribution in [0.25, 0.3) is 0 Å². The predicted octanol–water partition coefficient (Wildman–Crippen LogP) is 4.03. The number of hydrogen-bond acceptors (Lipinski definition) is 5. The van der Waals surface area contributed by atoms with Crippen LogP contribution in [0.1, 0.15) is 29.0 Å². The van der Waals surface area contributed by atoms with E-state index < -0.39 is 7.82 Å². The van der Waals surface area contributed by atoms with E-state index in [4.69, 9.17) is 20.3 Å². The van der Waals surface area contributed by atoms with Gasteiger partial charge in [0.15, 0.2) is 0 Å². The number of allylic oxidation sites excluding steroid dienone is 1. The van der Waals surface area contributed by atoms with Crippen LogP contribution in [0.5, 0.6) is 5.75 Å². The number of benzene rings is 2. The van der Waals surface area contributed by atoms with Gasteiger partial charge in [0.1, 0.15) is 12.4 Å². The van der Waals surface area contributed by atoms with Gasteiger partial charge in [0.05, 0.1) is 25.0 Å². The third kappa shape index (κ3) is 6.81. The van der Waals surface area contributed by atoms with Gasteiger partial charge in [-0.3, -0.25) is 9.21 Å². The lowest BCUT2D eigenvalue weighted by atomic mass is 9.96. The van der Waals surface area contributed by atoms with Crippen LogP contribution in [0.15, 0.2) is 96.1 Å². The normalized spacial score (nSPS) is 16.0. The minimum absolute atomic E-state index is 0.133. The van der Waals surface area contributed by atoms with Gasteiger partial charge < -0.3 is 20.3 Å². The summed E-state index contributed by atoms with van der Waals surface area (Å²) in [4.78, 5) is 17.8. The van der Waals surface area contributed by atoms with Crippen LogP contribution in [0.4, 0.5) is 0 Å². The minimum atomic E-state index is -4.56. The molecular formula is C25H26N3O5P. The maximum Gasteiger partial charge on any atom is 0.469 e. The van der Waals surface area contributed by atoms with Crippen molar-refractivity contribution in [3.8, 4) is 5.75 Å². The molecule has 0 amide bonds. The number of nitrogens with two attached hydrogens (primary N) is 1. The third-order valence-electron chi connectivity index (χ3n) is 5.33. The van der Waals surface area contributed by atoms with Crippen molar-refractivity contribution in [2.75, 3.05) is 6.61 Å². The first-order valence-corrected chi connectivity index (χ1v) is 12.3. The molecule has 176 valence electrons. The summed E-state index contributed by atoms with van der Waals surface area (Å²) in [5.41, 5.74) is 13.3. The first-order valence-electron chi connectivity index (χ1n) is 10.8. The van der Waals surface area contributed by atoms with Crippen molar-refractivity contribution >= 4 is 7.82 Å². The molecule has 9 heteroatoms. The van der Waals surface area contributed by atoms with Crippen molar-refractivity contribution < 1.29 is 23.6 Å². The average molecular weight is 479 g/mol. The number of ether oxygens (including phenoxy) is 1. The lowest BCUT2D eigenvalue weighted by Crippen LogP contribution is -2.08. The zero-order valence-corrected chi connectivity index (χ0v) is 19.3. The molecule has 0 saturated heterocycles. The molecule has 1 aliphatic rings. The van der Waals surface area contributed by atoms with E-state index in [-0.39, 0.29) is 12.5 Å². The van der Waals surface area contributed by atoms with E-state index in [0.29, 0.717) is 30.8 Å². The van der Waals surface area contributed by atoms with Gasteiger partial charge in [0.25, 0.3) is 0 Å². The summed E-state index contributed by atoms with van der Waals surface area (Å²) in [7, 11) is -4.56. The summed E-state index contributed by atoms with van der Waals surface area (Å²) in [6.45, 7) is 0.857. The minimum Gasteiger partial charge on any atom is -0.489 e. The van der Waals surface area contributed by atoms with Gasteiger partial charge in [-0.05, 0) is 35.2 Å². The Morgan fingerprint density at radius 3 is 2.59 bits per heavy atom. The van der Waals surface area contributed by atoms with Crippen LogP contribution in [0.2, 0.25) is 0 Å². The molecule has 0 fully saturated rings. The Balaban J connectivity index is 1.38. The second-order valence-electron chi connectivity index (χ2n) is 7.95. The van der Waals surface area contributed by atoms with E-state index in [0.717, 1.165) is 22.4 Å². The molecule has 0 aliphatic heterocycles. The zero-order chi connectivity index (χ0) is 24.0. The molecule has 0 radical (unpaired) electrons. The van der Waals surface area contributed by atoms with E-state index in [9.17, 15) is 4.57 Å². The summed E-state index contributed by atoms with van der Waals surface area (Å²) in [5.74, 6) is 0.675. The number of phosphoric acid groups is 1. The Labute approximate surface area is 197 Å². The van der Waals surface area contributed by atoms with Crippen LogP contribution >= 0.6 is 7.82 Å². The lowest BCUT2D eigenvalue weighted by molar-refractivity contribution is 0.213. The molecule has 34 heavy (non-hydrogen) atoms. The van der Waals surface area contributed by atoms with Crippen molar-refractivity contribution in [3.05, 3.63) is 113 Å². The molecule has 4 rings (SSSR count). The van der Waals surface area contributed by atoms with E-state index in [2.05, 4.69) is 15.4 Å².